The Balaban J connectivity index is 1.32. The number of benzene rings is 2. The van der Waals surface area contributed by atoms with Crippen LogP contribution in [0.3, 0.4) is 0 Å². The van der Waals surface area contributed by atoms with E-state index in [-0.39, 0.29) is 11.8 Å². The van der Waals surface area contributed by atoms with Crippen molar-refractivity contribution in [1.29, 1.82) is 0 Å². The Hall–Kier alpha value is -3.61. The predicted molar refractivity (Wildman–Crippen MR) is 124 cm³/mol. The molecule has 2 N–H and O–H groups in total. The minimum atomic E-state index is -0.404. The van der Waals surface area contributed by atoms with Gasteiger partial charge in [0.05, 0.1) is 7.11 Å². The highest BCUT2D eigenvalue weighted by Crippen LogP contribution is 2.21. The molecule has 32 heavy (non-hydrogen) atoms. The number of methoxy groups -OCH3 is 1. The van der Waals surface area contributed by atoms with Crippen LogP contribution in [0.2, 0.25) is 0 Å². The van der Waals surface area contributed by atoms with Gasteiger partial charge >= 0.3 is 5.63 Å². The van der Waals surface area contributed by atoms with Crippen LogP contribution in [-0.4, -0.2) is 25.5 Å². The fourth-order valence-corrected chi connectivity index (χ4v) is 3.44. The minimum Gasteiger partial charge on any atom is -0.497 e. The molecule has 0 bridgehead atoms. The third-order valence-electron chi connectivity index (χ3n) is 5.20. The molecule has 0 saturated carbocycles. The molecule has 3 aromatic rings. The first kappa shape index (κ1) is 23.1. The van der Waals surface area contributed by atoms with Crippen molar-refractivity contribution in [2.24, 2.45) is 0 Å². The molecule has 0 atom stereocenters. The van der Waals surface area contributed by atoms with Crippen molar-refractivity contribution in [2.75, 3.05) is 19.0 Å². The average Bonchev–Trinajstić information content (AvgIpc) is 2.78. The molecule has 2 amide bonds. The van der Waals surface area contributed by atoms with Gasteiger partial charge < -0.3 is 19.8 Å². The summed E-state index contributed by atoms with van der Waals surface area (Å²) in [5, 5.41) is 6.60. The van der Waals surface area contributed by atoms with Crippen molar-refractivity contribution in [1.82, 2.24) is 5.32 Å². The zero-order valence-corrected chi connectivity index (χ0v) is 18.4. The highest BCUT2D eigenvalue weighted by molar-refractivity contribution is 5.94. The van der Waals surface area contributed by atoms with E-state index in [4.69, 9.17) is 9.15 Å². The number of fused-ring (bicyclic) bond motifs is 1. The normalized spacial score (nSPS) is 10.7. The Morgan fingerprint density at radius 2 is 1.72 bits per heavy atom. The van der Waals surface area contributed by atoms with E-state index < -0.39 is 5.63 Å². The van der Waals surface area contributed by atoms with E-state index in [1.807, 2.05) is 13.0 Å². The molecular weight excluding hydrogens is 408 g/mol. The zero-order chi connectivity index (χ0) is 22.9. The van der Waals surface area contributed by atoms with Crippen LogP contribution < -0.4 is 21.0 Å². The number of hydrogen-bond acceptors (Lipinski definition) is 5. The number of amides is 2. The van der Waals surface area contributed by atoms with Gasteiger partial charge in [0.2, 0.25) is 5.91 Å². The van der Waals surface area contributed by atoms with Gasteiger partial charge in [-0.05, 0) is 61.7 Å². The van der Waals surface area contributed by atoms with Crippen LogP contribution in [0.1, 0.15) is 48.0 Å². The summed E-state index contributed by atoms with van der Waals surface area (Å²) < 4.78 is 10.3. The number of anilines is 1. The lowest BCUT2D eigenvalue weighted by Crippen LogP contribution is -2.24. The van der Waals surface area contributed by atoms with E-state index in [0.29, 0.717) is 35.5 Å². The Bertz CT molecular complexity index is 1140. The summed E-state index contributed by atoms with van der Waals surface area (Å²) in [6.45, 7) is 2.45. The SMILES string of the molecule is COc1ccc(C(=O)NCCCCCCC(=O)Nc2ccc3c(C)cc(=O)oc3c2)cc1. The van der Waals surface area contributed by atoms with Crippen molar-refractivity contribution in [3.05, 3.63) is 70.1 Å². The molecule has 0 aliphatic carbocycles. The van der Waals surface area contributed by atoms with Gasteiger partial charge in [-0.1, -0.05) is 12.8 Å². The Morgan fingerprint density at radius 3 is 2.47 bits per heavy atom. The maximum Gasteiger partial charge on any atom is 0.336 e. The zero-order valence-electron chi connectivity index (χ0n) is 18.4. The Labute approximate surface area is 186 Å². The highest BCUT2D eigenvalue weighted by atomic mass is 16.5. The summed E-state index contributed by atoms with van der Waals surface area (Å²) in [6.07, 6.45) is 3.86. The van der Waals surface area contributed by atoms with Crippen molar-refractivity contribution in [3.63, 3.8) is 0 Å². The van der Waals surface area contributed by atoms with Gasteiger partial charge in [0, 0.05) is 41.7 Å². The van der Waals surface area contributed by atoms with Gasteiger partial charge in [-0.3, -0.25) is 9.59 Å². The lowest BCUT2D eigenvalue weighted by atomic mass is 10.1. The molecule has 168 valence electrons. The van der Waals surface area contributed by atoms with Crippen LogP contribution in [-0.2, 0) is 4.79 Å². The summed E-state index contributed by atoms with van der Waals surface area (Å²) in [7, 11) is 1.59. The molecule has 0 fully saturated rings. The van der Waals surface area contributed by atoms with Gasteiger partial charge in [-0.2, -0.15) is 0 Å². The average molecular weight is 437 g/mol. The molecule has 0 radical (unpaired) electrons. The summed E-state index contributed by atoms with van der Waals surface area (Å²) in [5.74, 6) is 0.536. The van der Waals surface area contributed by atoms with Crippen molar-refractivity contribution in [2.45, 2.75) is 39.0 Å². The summed E-state index contributed by atoms with van der Waals surface area (Å²) >= 11 is 0. The predicted octanol–water partition coefficient (Wildman–Crippen LogP) is 4.43. The molecule has 3 rings (SSSR count). The van der Waals surface area contributed by atoms with Crippen LogP contribution in [0.15, 0.2) is 57.7 Å². The molecule has 7 heteroatoms. The molecule has 1 heterocycles. The van der Waals surface area contributed by atoms with E-state index in [1.54, 1.807) is 43.5 Å². The molecule has 2 aromatic carbocycles. The number of carbonyl (C=O) groups is 2. The third-order valence-corrected chi connectivity index (χ3v) is 5.20. The Morgan fingerprint density at radius 1 is 0.969 bits per heavy atom. The largest absolute Gasteiger partial charge is 0.497 e. The lowest BCUT2D eigenvalue weighted by molar-refractivity contribution is -0.116. The van der Waals surface area contributed by atoms with Crippen molar-refractivity contribution < 1.29 is 18.7 Å². The van der Waals surface area contributed by atoms with E-state index >= 15 is 0 Å². The summed E-state index contributed by atoms with van der Waals surface area (Å²) in [4.78, 5) is 35.8. The standard InChI is InChI=1S/C25H28N2O5/c1-17-15-24(29)32-22-16-19(10-13-21(17)22)27-23(28)7-5-3-4-6-14-26-25(30)18-8-11-20(31-2)12-9-18/h8-13,15-16H,3-7,14H2,1-2H3,(H,26,30)(H,27,28). The van der Waals surface area contributed by atoms with Crippen LogP contribution in [0.4, 0.5) is 5.69 Å². The molecule has 7 nitrogen and oxygen atoms in total. The van der Waals surface area contributed by atoms with Crippen molar-refractivity contribution >= 4 is 28.5 Å². The molecule has 0 saturated heterocycles. The number of nitrogens with one attached hydrogen (secondary N) is 2. The second-order valence-electron chi connectivity index (χ2n) is 7.66. The third kappa shape index (κ3) is 6.44. The molecule has 1 aromatic heterocycles. The molecule has 0 unspecified atom stereocenters. The second kappa shape index (κ2) is 11.1. The maximum atomic E-state index is 12.2. The summed E-state index contributed by atoms with van der Waals surface area (Å²) in [5.41, 5.74) is 2.11. The molecule has 0 aliphatic rings. The molecular formula is C25H28N2O5. The van der Waals surface area contributed by atoms with Gasteiger partial charge in [0.1, 0.15) is 11.3 Å². The first-order valence-electron chi connectivity index (χ1n) is 10.7. The number of unbranched alkanes of at least 4 members (excludes halogenated alkanes) is 3. The van der Waals surface area contributed by atoms with Crippen molar-refractivity contribution in [3.8, 4) is 5.75 Å². The van der Waals surface area contributed by atoms with E-state index in [0.717, 1.165) is 36.6 Å². The quantitative estimate of drug-likeness (QED) is 0.362. The summed E-state index contributed by atoms with van der Waals surface area (Å²) in [6, 6.07) is 13.7. The monoisotopic (exact) mass is 436 g/mol. The number of hydrogen-bond donors (Lipinski definition) is 2. The topological polar surface area (TPSA) is 97.6 Å². The van der Waals surface area contributed by atoms with Gasteiger partial charge in [0.15, 0.2) is 0 Å². The number of carbonyl (C=O) groups excluding carboxylic acids is 2. The van der Waals surface area contributed by atoms with Crippen LogP contribution in [0.5, 0.6) is 5.75 Å². The maximum absolute atomic E-state index is 12.2. The van der Waals surface area contributed by atoms with Crippen LogP contribution in [0, 0.1) is 6.92 Å². The van der Waals surface area contributed by atoms with Gasteiger partial charge in [-0.25, -0.2) is 4.79 Å². The van der Waals surface area contributed by atoms with E-state index in [2.05, 4.69) is 10.6 Å². The van der Waals surface area contributed by atoms with Crippen LogP contribution in [0.25, 0.3) is 11.0 Å². The van der Waals surface area contributed by atoms with Gasteiger partial charge in [0.25, 0.3) is 5.91 Å². The molecule has 0 aliphatic heterocycles. The minimum absolute atomic E-state index is 0.0767. The van der Waals surface area contributed by atoms with E-state index in [1.165, 1.54) is 6.07 Å². The first-order chi connectivity index (χ1) is 15.5. The number of aryl methyl sites for hydroxylation is 1. The van der Waals surface area contributed by atoms with Gasteiger partial charge in [-0.15, -0.1) is 0 Å². The fraction of sp³-hybridized carbons (Fsp3) is 0.320. The van der Waals surface area contributed by atoms with E-state index in [9.17, 15) is 14.4 Å². The fourth-order valence-electron chi connectivity index (χ4n) is 3.44. The highest BCUT2D eigenvalue weighted by Gasteiger charge is 2.07. The molecule has 0 spiro atoms. The smallest absolute Gasteiger partial charge is 0.336 e. The lowest BCUT2D eigenvalue weighted by Gasteiger charge is -2.08. The Kier molecular flexibility index (Phi) is 8.02. The number of rotatable bonds is 10. The second-order valence-corrected chi connectivity index (χ2v) is 7.66. The first-order valence-corrected chi connectivity index (χ1v) is 10.7. The number of ether oxygens (including phenoxy) is 1. The van der Waals surface area contributed by atoms with Crippen LogP contribution >= 0.6 is 0 Å².